The number of carbonyl (C=O) groups excluding carboxylic acids is 2. The third-order valence-electron chi connectivity index (χ3n) is 5.00. The highest BCUT2D eigenvalue weighted by atomic mass is 16.2. The van der Waals surface area contributed by atoms with Crippen LogP contribution in [0.5, 0.6) is 0 Å². The zero-order valence-corrected chi connectivity index (χ0v) is 13.8. The van der Waals surface area contributed by atoms with Gasteiger partial charge in [0.2, 0.25) is 11.8 Å². The summed E-state index contributed by atoms with van der Waals surface area (Å²) < 4.78 is 0. The largest absolute Gasteiger partial charge is 0.342 e. The molecule has 0 radical (unpaired) electrons. The fourth-order valence-electron chi connectivity index (χ4n) is 3.77. The van der Waals surface area contributed by atoms with E-state index >= 15 is 0 Å². The minimum absolute atomic E-state index is 0.0205. The Labute approximate surface area is 137 Å². The van der Waals surface area contributed by atoms with Crippen molar-refractivity contribution in [3.63, 3.8) is 0 Å². The summed E-state index contributed by atoms with van der Waals surface area (Å²) in [4.78, 5) is 31.6. The molecule has 5 nitrogen and oxygen atoms in total. The van der Waals surface area contributed by atoms with Crippen molar-refractivity contribution in [3.8, 4) is 0 Å². The molecule has 0 unspecified atom stereocenters. The van der Waals surface area contributed by atoms with E-state index in [9.17, 15) is 9.59 Å². The lowest BCUT2D eigenvalue weighted by Crippen LogP contribution is -2.42. The molecule has 2 fully saturated rings. The van der Waals surface area contributed by atoms with Crippen LogP contribution in [-0.4, -0.2) is 34.8 Å². The fourth-order valence-corrected chi connectivity index (χ4v) is 3.77. The maximum absolute atomic E-state index is 12.8. The maximum atomic E-state index is 12.8. The first-order valence-electron chi connectivity index (χ1n) is 8.67. The van der Waals surface area contributed by atoms with Crippen LogP contribution in [0.3, 0.4) is 0 Å². The Kier molecular flexibility index (Phi) is 4.94. The molecule has 0 bridgehead atoms. The van der Waals surface area contributed by atoms with Gasteiger partial charge in [0, 0.05) is 42.5 Å². The van der Waals surface area contributed by atoms with Gasteiger partial charge in [-0.05, 0) is 44.7 Å². The molecule has 2 heterocycles. The number of anilines is 1. The Balaban J connectivity index is 1.70. The number of amides is 2. The normalized spacial score (nSPS) is 24.5. The molecule has 23 heavy (non-hydrogen) atoms. The Bertz CT molecular complexity index is 581. The molecular weight excluding hydrogens is 290 g/mol. The maximum Gasteiger partial charge on any atom is 0.228 e. The van der Waals surface area contributed by atoms with Crippen LogP contribution in [0.2, 0.25) is 0 Å². The van der Waals surface area contributed by atoms with Gasteiger partial charge in [0.1, 0.15) is 0 Å². The van der Waals surface area contributed by atoms with Crippen LogP contribution < -0.4 is 5.32 Å². The number of hydrogen-bond acceptors (Lipinski definition) is 3. The van der Waals surface area contributed by atoms with Crippen molar-refractivity contribution in [2.24, 2.45) is 11.8 Å². The van der Waals surface area contributed by atoms with Crippen LogP contribution in [0, 0.1) is 18.8 Å². The van der Waals surface area contributed by atoms with E-state index in [0.29, 0.717) is 0 Å². The number of pyridine rings is 1. The van der Waals surface area contributed by atoms with Gasteiger partial charge in [-0.1, -0.05) is 12.8 Å². The molecule has 0 spiro atoms. The van der Waals surface area contributed by atoms with Crippen LogP contribution in [0.15, 0.2) is 18.3 Å². The lowest BCUT2D eigenvalue weighted by Gasteiger charge is -2.32. The van der Waals surface area contributed by atoms with E-state index in [4.69, 9.17) is 0 Å². The molecule has 124 valence electrons. The van der Waals surface area contributed by atoms with Crippen molar-refractivity contribution >= 4 is 17.5 Å². The lowest BCUT2D eigenvalue weighted by atomic mass is 9.77. The van der Waals surface area contributed by atoms with Gasteiger partial charge < -0.3 is 10.2 Å². The summed E-state index contributed by atoms with van der Waals surface area (Å²) in [6.45, 7) is 3.61. The van der Waals surface area contributed by atoms with Crippen molar-refractivity contribution in [1.29, 1.82) is 0 Å². The molecule has 1 aliphatic heterocycles. The van der Waals surface area contributed by atoms with Crippen molar-refractivity contribution in [3.05, 3.63) is 24.0 Å². The molecule has 1 aliphatic carbocycles. The van der Waals surface area contributed by atoms with Gasteiger partial charge in [0.05, 0.1) is 0 Å². The van der Waals surface area contributed by atoms with Gasteiger partial charge in [-0.25, -0.2) is 0 Å². The quantitative estimate of drug-likeness (QED) is 0.933. The number of aromatic nitrogens is 1. The smallest absolute Gasteiger partial charge is 0.228 e. The highest BCUT2D eigenvalue weighted by Gasteiger charge is 2.38. The van der Waals surface area contributed by atoms with Crippen LogP contribution >= 0.6 is 0 Å². The van der Waals surface area contributed by atoms with E-state index in [1.165, 1.54) is 0 Å². The van der Waals surface area contributed by atoms with Gasteiger partial charge in [-0.15, -0.1) is 0 Å². The van der Waals surface area contributed by atoms with E-state index in [1.54, 1.807) is 12.3 Å². The molecule has 2 aliphatic rings. The first-order valence-corrected chi connectivity index (χ1v) is 8.67. The zero-order chi connectivity index (χ0) is 16.2. The Hall–Kier alpha value is -1.91. The molecule has 0 aromatic carbocycles. The first kappa shape index (κ1) is 16.0. The minimum atomic E-state index is -0.203. The molecule has 3 rings (SSSR count). The Morgan fingerprint density at radius 1 is 1.13 bits per heavy atom. The van der Waals surface area contributed by atoms with Crippen LogP contribution in [0.4, 0.5) is 5.69 Å². The van der Waals surface area contributed by atoms with Crippen LogP contribution in [0.1, 0.15) is 44.2 Å². The monoisotopic (exact) mass is 315 g/mol. The number of rotatable bonds is 3. The molecule has 1 saturated heterocycles. The second-order valence-electron chi connectivity index (χ2n) is 6.70. The summed E-state index contributed by atoms with van der Waals surface area (Å²) in [6, 6.07) is 3.66. The summed E-state index contributed by atoms with van der Waals surface area (Å²) in [5.41, 5.74) is 1.64. The van der Waals surface area contributed by atoms with Gasteiger partial charge >= 0.3 is 0 Å². The summed E-state index contributed by atoms with van der Waals surface area (Å²) in [6.07, 6.45) is 7.58. The van der Waals surface area contributed by atoms with Crippen LogP contribution in [0.25, 0.3) is 0 Å². The van der Waals surface area contributed by atoms with E-state index in [0.717, 1.165) is 63.0 Å². The third kappa shape index (κ3) is 3.71. The topological polar surface area (TPSA) is 62.3 Å². The highest BCUT2D eigenvalue weighted by Crippen LogP contribution is 2.33. The SMILES string of the molecule is Cc1cc(NC(=O)[C@H]2CCCC[C@H]2C(=O)N2CCCC2)ccn1. The number of carbonyl (C=O) groups is 2. The molecule has 1 aromatic rings. The third-order valence-corrected chi connectivity index (χ3v) is 5.00. The first-order chi connectivity index (χ1) is 11.1. The zero-order valence-electron chi connectivity index (χ0n) is 13.8. The molecule has 5 heteroatoms. The molecule has 1 N–H and O–H groups in total. The Morgan fingerprint density at radius 3 is 2.52 bits per heavy atom. The van der Waals surface area contributed by atoms with Gasteiger partial charge in [0.25, 0.3) is 0 Å². The molecule has 2 atom stereocenters. The molecule has 1 saturated carbocycles. The predicted octanol–water partition coefficient (Wildman–Crippen LogP) is 2.76. The summed E-state index contributed by atoms with van der Waals surface area (Å²) in [7, 11) is 0. The fraction of sp³-hybridized carbons (Fsp3) is 0.611. The second-order valence-corrected chi connectivity index (χ2v) is 6.70. The lowest BCUT2D eigenvalue weighted by molar-refractivity contribution is -0.141. The number of hydrogen-bond donors (Lipinski definition) is 1. The molecule has 1 aromatic heterocycles. The van der Waals surface area contributed by atoms with Crippen LogP contribution in [-0.2, 0) is 9.59 Å². The average molecular weight is 315 g/mol. The summed E-state index contributed by atoms with van der Waals surface area (Å²) in [5.74, 6) is -0.184. The van der Waals surface area contributed by atoms with Gasteiger partial charge in [0.15, 0.2) is 0 Å². The second kappa shape index (κ2) is 7.11. The number of aryl methyl sites for hydroxylation is 1. The van der Waals surface area contributed by atoms with E-state index in [2.05, 4.69) is 10.3 Å². The molecular formula is C18H25N3O2. The van der Waals surface area contributed by atoms with Crippen molar-refractivity contribution in [1.82, 2.24) is 9.88 Å². The van der Waals surface area contributed by atoms with Gasteiger partial charge in [-0.2, -0.15) is 0 Å². The average Bonchev–Trinajstić information content (AvgIpc) is 3.08. The summed E-state index contributed by atoms with van der Waals surface area (Å²) in [5, 5.41) is 2.98. The molecule has 2 amide bonds. The predicted molar refractivity (Wildman–Crippen MR) is 88.9 cm³/mol. The van der Waals surface area contributed by atoms with Gasteiger partial charge in [-0.3, -0.25) is 14.6 Å². The number of likely N-dealkylation sites (tertiary alicyclic amines) is 1. The number of nitrogens with zero attached hydrogens (tertiary/aromatic N) is 2. The summed E-state index contributed by atoms with van der Waals surface area (Å²) >= 11 is 0. The van der Waals surface area contributed by atoms with Crippen molar-refractivity contribution < 1.29 is 9.59 Å². The highest BCUT2D eigenvalue weighted by molar-refractivity contribution is 5.96. The minimum Gasteiger partial charge on any atom is -0.342 e. The van der Waals surface area contributed by atoms with E-state index in [1.807, 2.05) is 17.9 Å². The Morgan fingerprint density at radius 2 is 1.83 bits per heavy atom. The van der Waals surface area contributed by atoms with Crippen molar-refractivity contribution in [2.75, 3.05) is 18.4 Å². The number of nitrogens with one attached hydrogen (secondary N) is 1. The van der Waals surface area contributed by atoms with E-state index in [-0.39, 0.29) is 23.7 Å². The van der Waals surface area contributed by atoms with E-state index < -0.39 is 0 Å². The van der Waals surface area contributed by atoms with Crippen molar-refractivity contribution in [2.45, 2.75) is 45.4 Å². The standard InChI is InChI=1S/C18H25N3O2/c1-13-12-14(8-9-19-13)20-17(22)15-6-2-3-7-16(15)18(23)21-10-4-5-11-21/h8-9,12,15-16H,2-7,10-11H2,1H3,(H,19,20,22)/t15-,16+/m0/s1.